The fourth-order valence-corrected chi connectivity index (χ4v) is 2.13. The van der Waals surface area contributed by atoms with Crippen molar-refractivity contribution in [3.05, 3.63) is 42.4 Å². The van der Waals surface area contributed by atoms with Crippen LogP contribution >= 0.6 is 0 Å². The van der Waals surface area contributed by atoms with Crippen LogP contribution in [0.5, 0.6) is 11.5 Å². The van der Waals surface area contributed by atoms with Gasteiger partial charge in [-0.2, -0.15) is 5.10 Å². The molecule has 3 aromatic rings. The van der Waals surface area contributed by atoms with Crippen molar-refractivity contribution in [2.75, 3.05) is 19.5 Å². The summed E-state index contributed by atoms with van der Waals surface area (Å²) in [6.45, 7) is 0. The molecule has 7 heteroatoms. The first kappa shape index (κ1) is 13.9. The SMILES string of the molecule is COc1ccc(NC(=O)c2n[nH]c3ccncc23)cc1OC. The van der Waals surface area contributed by atoms with E-state index in [1.807, 2.05) is 0 Å². The maximum atomic E-state index is 12.3. The maximum Gasteiger partial charge on any atom is 0.276 e. The molecule has 0 radical (unpaired) electrons. The van der Waals surface area contributed by atoms with E-state index < -0.39 is 0 Å². The highest BCUT2D eigenvalue weighted by atomic mass is 16.5. The van der Waals surface area contributed by atoms with Gasteiger partial charge in [-0.15, -0.1) is 0 Å². The largest absolute Gasteiger partial charge is 0.493 e. The number of anilines is 1. The number of rotatable bonds is 4. The van der Waals surface area contributed by atoms with Crippen LogP contribution in [0.1, 0.15) is 10.5 Å². The Morgan fingerprint density at radius 1 is 1.18 bits per heavy atom. The molecule has 112 valence electrons. The lowest BCUT2D eigenvalue weighted by Crippen LogP contribution is -2.13. The Balaban J connectivity index is 1.88. The van der Waals surface area contributed by atoms with Gasteiger partial charge in [0.05, 0.1) is 25.1 Å². The number of carbonyl (C=O) groups is 1. The topological polar surface area (TPSA) is 89.1 Å². The van der Waals surface area contributed by atoms with Crippen LogP contribution in [0.25, 0.3) is 10.9 Å². The molecular weight excluding hydrogens is 284 g/mol. The first-order chi connectivity index (χ1) is 10.7. The summed E-state index contributed by atoms with van der Waals surface area (Å²) in [5, 5.41) is 10.3. The van der Waals surface area contributed by atoms with Gasteiger partial charge < -0.3 is 14.8 Å². The molecule has 1 amide bonds. The van der Waals surface area contributed by atoms with E-state index in [-0.39, 0.29) is 11.6 Å². The van der Waals surface area contributed by atoms with Crippen LogP contribution in [0.2, 0.25) is 0 Å². The number of methoxy groups -OCH3 is 2. The van der Waals surface area contributed by atoms with E-state index >= 15 is 0 Å². The third-order valence-electron chi connectivity index (χ3n) is 3.22. The molecule has 0 fully saturated rings. The van der Waals surface area contributed by atoms with E-state index in [1.165, 1.54) is 7.11 Å². The van der Waals surface area contributed by atoms with Gasteiger partial charge in [-0.1, -0.05) is 0 Å². The molecule has 0 unspecified atom stereocenters. The fraction of sp³-hybridized carbons (Fsp3) is 0.133. The van der Waals surface area contributed by atoms with Crippen molar-refractivity contribution < 1.29 is 14.3 Å². The monoisotopic (exact) mass is 298 g/mol. The lowest BCUT2D eigenvalue weighted by Gasteiger charge is -2.10. The molecule has 2 N–H and O–H groups in total. The van der Waals surface area contributed by atoms with Crippen molar-refractivity contribution in [2.24, 2.45) is 0 Å². The molecule has 0 aliphatic carbocycles. The van der Waals surface area contributed by atoms with Crippen molar-refractivity contribution in [1.29, 1.82) is 0 Å². The maximum absolute atomic E-state index is 12.3. The van der Waals surface area contributed by atoms with Gasteiger partial charge in [0.1, 0.15) is 0 Å². The quantitative estimate of drug-likeness (QED) is 0.771. The van der Waals surface area contributed by atoms with Crippen molar-refractivity contribution >= 4 is 22.5 Å². The molecule has 22 heavy (non-hydrogen) atoms. The summed E-state index contributed by atoms with van der Waals surface area (Å²) in [5.74, 6) is 0.801. The van der Waals surface area contributed by atoms with Gasteiger partial charge in [0.15, 0.2) is 17.2 Å². The second-order valence-electron chi connectivity index (χ2n) is 4.52. The number of hydrogen-bond acceptors (Lipinski definition) is 5. The Hall–Kier alpha value is -3.09. The van der Waals surface area contributed by atoms with E-state index in [4.69, 9.17) is 9.47 Å². The van der Waals surface area contributed by atoms with E-state index in [1.54, 1.807) is 43.8 Å². The zero-order chi connectivity index (χ0) is 15.5. The van der Waals surface area contributed by atoms with Gasteiger partial charge in [0, 0.05) is 24.1 Å². The molecule has 0 aliphatic heterocycles. The number of H-pyrrole nitrogens is 1. The molecule has 2 aromatic heterocycles. The summed E-state index contributed by atoms with van der Waals surface area (Å²) >= 11 is 0. The normalized spacial score (nSPS) is 10.5. The predicted molar refractivity (Wildman–Crippen MR) is 81.4 cm³/mol. The van der Waals surface area contributed by atoms with Crippen LogP contribution in [0.4, 0.5) is 5.69 Å². The summed E-state index contributed by atoms with van der Waals surface area (Å²) in [6.07, 6.45) is 3.24. The number of ether oxygens (including phenoxy) is 2. The molecule has 2 heterocycles. The smallest absolute Gasteiger partial charge is 0.276 e. The average Bonchev–Trinajstić information content (AvgIpc) is 2.98. The summed E-state index contributed by atoms with van der Waals surface area (Å²) in [6, 6.07) is 6.89. The Labute approximate surface area is 126 Å². The van der Waals surface area contributed by atoms with Gasteiger partial charge in [0.25, 0.3) is 5.91 Å². The number of nitrogens with one attached hydrogen (secondary N) is 2. The number of nitrogens with zero attached hydrogens (tertiary/aromatic N) is 2. The molecule has 0 spiro atoms. The third-order valence-corrected chi connectivity index (χ3v) is 3.22. The van der Waals surface area contributed by atoms with Crippen LogP contribution in [0, 0.1) is 0 Å². The van der Waals surface area contributed by atoms with Crippen molar-refractivity contribution in [3.8, 4) is 11.5 Å². The fourth-order valence-electron chi connectivity index (χ4n) is 2.13. The van der Waals surface area contributed by atoms with Gasteiger partial charge in [-0.25, -0.2) is 0 Å². The van der Waals surface area contributed by atoms with Gasteiger partial charge in [-0.05, 0) is 18.2 Å². The van der Waals surface area contributed by atoms with Gasteiger partial charge in [0.2, 0.25) is 0 Å². The highest BCUT2D eigenvalue weighted by Crippen LogP contribution is 2.30. The zero-order valence-corrected chi connectivity index (χ0v) is 12.1. The summed E-state index contributed by atoms with van der Waals surface area (Å²) in [7, 11) is 3.09. The molecule has 1 aromatic carbocycles. The Morgan fingerprint density at radius 3 is 2.77 bits per heavy atom. The van der Waals surface area contributed by atoms with Crippen molar-refractivity contribution in [2.45, 2.75) is 0 Å². The predicted octanol–water partition coefficient (Wildman–Crippen LogP) is 2.23. The van der Waals surface area contributed by atoms with Crippen molar-refractivity contribution in [1.82, 2.24) is 15.2 Å². The Kier molecular flexibility index (Phi) is 3.61. The number of hydrogen-bond donors (Lipinski definition) is 2. The first-order valence-corrected chi connectivity index (χ1v) is 6.54. The third kappa shape index (κ3) is 2.44. The van der Waals surface area contributed by atoms with Crippen LogP contribution in [-0.4, -0.2) is 35.3 Å². The lowest BCUT2D eigenvalue weighted by molar-refractivity contribution is 0.102. The minimum atomic E-state index is -0.327. The number of aromatic nitrogens is 3. The van der Waals surface area contributed by atoms with E-state index in [0.717, 1.165) is 5.52 Å². The number of pyridine rings is 1. The zero-order valence-electron chi connectivity index (χ0n) is 12.1. The van der Waals surface area contributed by atoms with Gasteiger partial charge in [-0.3, -0.25) is 14.9 Å². The van der Waals surface area contributed by atoms with Crippen LogP contribution in [0.15, 0.2) is 36.7 Å². The van der Waals surface area contributed by atoms with E-state index in [2.05, 4.69) is 20.5 Å². The number of fused-ring (bicyclic) bond motifs is 1. The molecule has 7 nitrogen and oxygen atoms in total. The molecule has 0 bridgehead atoms. The second-order valence-corrected chi connectivity index (χ2v) is 4.52. The summed E-state index contributed by atoms with van der Waals surface area (Å²) in [5.41, 5.74) is 1.63. The molecular formula is C15H14N4O3. The van der Waals surface area contributed by atoms with Crippen LogP contribution in [-0.2, 0) is 0 Å². The van der Waals surface area contributed by atoms with E-state index in [0.29, 0.717) is 22.6 Å². The number of carbonyl (C=O) groups excluding carboxylic acids is 1. The number of aromatic amines is 1. The first-order valence-electron chi connectivity index (χ1n) is 6.54. The van der Waals surface area contributed by atoms with E-state index in [9.17, 15) is 4.79 Å². The highest BCUT2D eigenvalue weighted by Gasteiger charge is 2.15. The number of benzene rings is 1. The number of amides is 1. The molecule has 0 saturated heterocycles. The Bertz CT molecular complexity index is 829. The standard InChI is InChI=1S/C15H14N4O3/c1-21-12-4-3-9(7-13(12)22-2)17-15(20)14-10-8-16-6-5-11(10)18-19-14/h3-8H,1-2H3,(H,17,20)(H,18,19). The summed E-state index contributed by atoms with van der Waals surface area (Å²) < 4.78 is 10.4. The molecule has 0 atom stereocenters. The lowest BCUT2D eigenvalue weighted by atomic mass is 10.2. The molecule has 0 aliphatic rings. The highest BCUT2D eigenvalue weighted by molar-refractivity contribution is 6.10. The average molecular weight is 298 g/mol. The molecule has 3 rings (SSSR count). The minimum absolute atomic E-state index is 0.290. The van der Waals surface area contributed by atoms with Crippen LogP contribution in [0.3, 0.4) is 0 Å². The van der Waals surface area contributed by atoms with Crippen LogP contribution < -0.4 is 14.8 Å². The molecule has 0 saturated carbocycles. The van der Waals surface area contributed by atoms with Gasteiger partial charge >= 0.3 is 0 Å². The minimum Gasteiger partial charge on any atom is -0.493 e. The van der Waals surface area contributed by atoms with Crippen molar-refractivity contribution in [3.63, 3.8) is 0 Å². The Morgan fingerprint density at radius 2 is 2.00 bits per heavy atom. The summed E-state index contributed by atoms with van der Waals surface area (Å²) in [4.78, 5) is 16.4. The second kappa shape index (κ2) is 5.72.